The number of nitrogens with two attached hydrogens (primary N) is 1. The first-order valence-electron chi connectivity index (χ1n) is 5.02. The van der Waals surface area contributed by atoms with Crippen molar-refractivity contribution in [1.29, 1.82) is 0 Å². The van der Waals surface area contributed by atoms with Gasteiger partial charge in [-0.3, -0.25) is 0 Å². The number of benzene rings is 1. The molecular weight excluding hydrogens is 234 g/mol. The minimum absolute atomic E-state index is 0.422. The van der Waals surface area contributed by atoms with Crippen molar-refractivity contribution >= 4 is 28.7 Å². The molecule has 1 aromatic carbocycles. The van der Waals surface area contributed by atoms with Crippen molar-refractivity contribution < 1.29 is 0 Å². The number of H-pyrrole nitrogens is 1. The topological polar surface area (TPSA) is 80.5 Å². The first-order chi connectivity index (χ1) is 8.33. The maximum atomic E-state index is 5.82. The van der Waals surface area contributed by atoms with Gasteiger partial charge in [-0.05, 0) is 23.9 Å². The number of hydrogen-bond acceptors (Lipinski definition) is 5. The molecular formula is C11H9N5S. The lowest BCUT2D eigenvalue weighted by Gasteiger charge is -2.01. The molecule has 0 bridgehead atoms. The molecule has 0 amide bonds. The third-order valence-electron chi connectivity index (χ3n) is 2.25. The second-order valence-corrected chi connectivity index (χ2v) is 4.45. The van der Waals surface area contributed by atoms with Crippen LogP contribution in [0.2, 0.25) is 0 Å². The summed E-state index contributed by atoms with van der Waals surface area (Å²) in [6.45, 7) is 0. The van der Waals surface area contributed by atoms with Gasteiger partial charge in [-0.2, -0.15) is 0 Å². The predicted octanol–water partition coefficient (Wildman–Crippen LogP) is 2.09. The number of imidazole rings is 1. The second kappa shape index (κ2) is 4.06. The van der Waals surface area contributed by atoms with Crippen LogP contribution in [-0.4, -0.2) is 19.9 Å². The summed E-state index contributed by atoms with van der Waals surface area (Å²) in [6.07, 6.45) is 1.56. The highest BCUT2D eigenvalue weighted by molar-refractivity contribution is 7.99. The van der Waals surface area contributed by atoms with Gasteiger partial charge in [0.05, 0.1) is 6.33 Å². The van der Waals surface area contributed by atoms with E-state index in [-0.39, 0.29) is 0 Å². The molecule has 6 heteroatoms. The summed E-state index contributed by atoms with van der Waals surface area (Å²) in [4.78, 5) is 16.6. The molecule has 3 rings (SSSR count). The average Bonchev–Trinajstić information content (AvgIpc) is 2.79. The van der Waals surface area contributed by atoms with Gasteiger partial charge in [0, 0.05) is 4.90 Å². The number of rotatable bonds is 2. The lowest BCUT2D eigenvalue weighted by Crippen LogP contribution is -1.96. The molecule has 0 atom stereocenters. The molecule has 2 heterocycles. The van der Waals surface area contributed by atoms with E-state index in [1.165, 1.54) is 11.8 Å². The molecule has 84 valence electrons. The second-order valence-electron chi connectivity index (χ2n) is 3.41. The number of nitrogen functional groups attached to an aromatic ring is 1. The highest BCUT2D eigenvalue weighted by Crippen LogP contribution is 2.26. The molecule has 0 aliphatic carbocycles. The first-order valence-corrected chi connectivity index (χ1v) is 5.84. The normalized spacial score (nSPS) is 10.8. The van der Waals surface area contributed by atoms with Crippen LogP contribution in [0.4, 0.5) is 5.82 Å². The number of aromatic amines is 1. The quantitative estimate of drug-likeness (QED) is 0.673. The highest BCUT2D eigenvalue weighted by atomic mass is 32.2. The number of nitrogens with one attached hydrogen (secondary N) is 1. The Balaban J connectivity index is 2.01. The van der Waals surface area contributed by atoms with Crippen LogP contribution in [-0.2, 0) is 0 Å². The average molecular weight is 243 g/mol. The molecule has 0 aliphatic rings. The van der Waals surface area contributed by atoms with E-state index in [1.807, 2.05) is 30.3 Å². The molecule has 0 aliphatic heterocycles. The van der Waals surface area contributed by atoms with Crippen LogP contribution in [0.25, 0.3) is 11.2 Å². The van der Waals surface area contributed by atoms with Crippen molar-refractivity contribution in [3.05, 3.63) is 36.7 Å². The van der Waals surface area contributed by atoms with Gasteiger partial charge < -0.3 is 10.7 Å². The molecule has 0 saturated heterocycles. The van der Waals surface area contributed by atoms with Crippen molar-refractivity contribution in [1.82, 2.24) is 19.9 Å². The summed E-state index contributed by atoms with van der Waals surface area (Å²) >= 11 is 1.46. The molecule has 0 fully saturated rings. The SMILES string of the molecule is Nc1nc(Sc2ccccc2)nc2nc[nH]c12. The van der Waals surface area contributed by atoms with E-state index in [0.717, 1.165) is 4.90 Å². The number of fused-ring (bicyclic) bond motifs is 1. The van der Waals surface area contributed by atoms with E-state index >= 15 is 0 Å². The summed E-state index contributed by atoms with van der Waals surface area (Å²) in [5.41, 5.74) is 7.10. The Kier molecular flexibility index (Phi) is 2.41. The van der Waals surface area contributed by atoms with Crippen LogP contribution < -0.4 is 5.73 Å². The van der Waals surface area contributed by atoms with E-state index in [9.17, 15) is 0 Å². The highest BCUT2D eigenvalue weighted by Gasteiger charge is 2.08. The van der Waals surface area contributed by atoms with E-state index in [1.54, 1.807) is 6.33 Å². The zero-order valence-corrected chi connectivity index (χ0v) is 9.61. The molecule has 5 nitrogen and oxygen atoms in total. The smallest absolute Gasteiger partial charge is 0.196 e. The summed E-state index contributed by atoms with van der Waals surface area (Å²) in [5, 5.41) is 0.605. The monoisotopic (exact) mass is 243 g/mol. The zero-order chi connectivity index (χ0) is 11.7. The Morgan fingerprint density at radius 2 is 1.94 bits per heavy atom. The fourth-order valence-corrected chi connectivity index (χ4v) is 2.25. The van der Waals surface area contributed by atoms with Crippen molar-refractivity contribution in [2.75, 3.05) is 5.73 Å². The lowest BCUT2D eigenvalue weighted by molar-refractivity contribution is 1.00. The van der Waals surface area contributed by atoms with Crippen molar-refractivity contribution in [3.63, 3.8) is 0 Å². The third kappa shape index (κ3) is 1.94. The number of nitrogens with zero attached hydrogens (tertiary/aromatic N) is 3. The van der Waals surface area contributed by atoms with Crippen LogP contribution >= 0.6 is 11.8 Å². The Labute approximate surface area is 102 Å². The standard InChI is InChI=1S/C11H9N5S/c12-9-8-10(14-6-13-8)16-11(15-9)17-7-4-2-1-3-5-7/h1-6H,(H3,12,13,14,15,16). The van der Waals surface area contributed by atoms with Crippen LogP contribution in [0.1, 0.15) is 0 Å². The largest absolute Gasteiger partial charge is 0.382 e. The molecule has 3 N–H and O–H groups in total. The molecule has 17 heavy (non-hydrogen) atoms. The van der Waals surface area contributed by atoms with Crippen LogP contribution in [0, 0.1) is 0 Å². The predicted molar refractivity (Wildman–Crippen MR) is 66.7 cm³/mol. The summed E-state index contributed by atoms with van der Waals surface area (Å²) in [7, 11) is 0. The molecule has 2 aromatic heterocycles. The Bertz CT molecular complexity index is 649. The lowest BCUT2D eigenvalue weighted by atomic mass is 10.4. The molecule has 3 aromatic rings. The van der Waals surface area contributed by atoms with Crippen LogP contribution in [0.15, 0.2) is 46.7 Å². The van der Waals surface area contributed by atoms with Gasteiger partial charge in [0.15, 0.2) is 16.6 Å². The van der Waals surface area contributed by atoms with Gasteiger partial charge in [0.1, 0.15) is 5.52 Å². The molecule has 0 unspecified atom stereocenters. The minimum Gasteiger partial charge on any atom is -0.382 e. The van der Waals surface area contributed by atoms with Gasteiger partial charge in [-0.1, -0.05) is 18.2 Å². The Hall–Kier alpha value is -2.08. The maximum absolute atomic E-state index is 5.82. The fourth-order valence-electron chi connectivity index (χ4n) is 1.47. The zero-order valence-electron chi connectivity index (χ0n) is 8.79. The summed E-state index contributed by atoms with van der Waals surface area (Å²) in [5.74, 6) is 0.422. The Morgan fingerprint density at radius 3 is 2.76 bits per heavy atom. The third-order valence-corrected chi connectivity index (χ3v) is 3.12. The number of hydrogen-bond donors (Lipinski definition) is 2. The van der Waals surface area contributed by atoms with Gasteiger partial charge in [-0.15, -0.1) is 0 Å². The molecule has 0 spiro atoms. The van der Waals surface area contributed by atoms with E-state index in [0.29, 0.717) is 22.1 Å². The molecule has 0 radical (unpaired) electrons. The van der Waals surface area contributed by atoms with Gasteiger partial charge in [0.25, 0.3) is 0 Å². The Morgan fingerprint density at radius 1 is 1.12 bits per heavy atom. The van der Waals surface area contributed by atoms with Gasteiger partial charge in [-0.25, -0.2) is 15.0 Å². The van der Waals surface area contributed by atoms with Crippen LogP contribution in [0.5, 0.6) is 0 Å². The summed E-state index contributed by atoms with van der Waals surface area (Å²) in [6, 6.07) is 9.91. The van der Waals surface area contributed by atoms with E-state index in [2.05, 4.69) is 19.9 Å². The fraction of sp³-hybridized carbons (Fsp3) is 0. The maximum Gasteiger partial charge on any atom is 0.196 e. The van der Waals surface area contributed by atoms with E-state index < -0.39 is 0 Å². The van der Waals surface area contributed by atoms with Crippen molar-refractivity contribution in [2.24, 2.45) is 0 Å². The number of anilines is 1. The number of aromatic nitrogens is 4. The van der Waals surface area contributed by atoms with Crippen molar-refractivity contribution in [2.45, 2.75) is 10.1 Å². The van der Waals surface area contributed by atoms with Crippen LogP contribution in [0.3, 0.4) is 0 Å². The van der Waals surface area contributed by atoms with Gasteiger partial charge in [0.2, 0.25) is 0 Å². The van der Waals surface area contributed by atoms with Crippen molar-refractivity contribution in [3.8, 4) is 0 Å². The molecule has 0 saturated carbocycles. The first kappa shape index (κ1) is 10.1. The van der Waals surface area contributed by atoms with Gasteiger partial charge >= 0.3 is 0 Å². The minimum atomic E-state index is 0.422. The van der Waals surface area contributed by atoms with E-state index in [4.69, 9.17) is 5.73 Å². The summed E-state index contributed by atoms with van der Waals surface area (Å²) < 4.78 is 0.